The third kappa shape index (κ3) is 4.58. The van der Waals surface area contributed by atoms with Crippen molar-refractivity contribution in [2.75, 3.05) is 26.2 Å². The van der Waals surface area contributed by atoms with Gasteiger partial charge in [-0.15, -0.1) is 0 Å². The number of carbonyl (C=O) groups is 2. The summed E-state index contributed by atoms with van der Waals surface area (Å²) in [5, 5.41) is 4.99. The quantitative estimate of drug-likeness (QED) is 0.788. The van der Waals surface area contributed by atoms with Gasteiger partial charge in [0.2, 0.25) is 5.91 Å². The van der Waals surface area contributed by atoms with Crippen LogP contribution in [0.5, 0.6) is 0 Å². The van der Waals surface area contributed by atoms with Gasteiger partial charge in [0.15, 0.2) is 0 Å². The number of benzene rings is 2. The molecule has 1 heterocycles. The van der Waals surface area contributed by atoms with Crippen molar-refractivity contribution in [3.63, 3.8) is 0 Å². The number of hydrogen-bond donors (Lipinski definition) is 2. The highest BCUT2D eigenvalue weighted by molar-refractivity contribution is 5.84. The molecule has 6 heteroatoms. The Balaban J connectivity index is 1.62. The van der Waals surface area contributed by atoms with Crippen LogP contribution in [0.1, 0.15) is 12.0 Å². The summed E-state index contributed by atoms with van der Waals surface area (Å²) >= 11 is 0. The van der Waals surface area contributed by atoms with Crippen molar-refractivity contribution in [2.45, 2.75) is 18.9 Å². The van der Waals surface area contributed by atoms with E-state index >= 15 is 0 Å². The fourth-order valence-electron chi connectivity index (χ4n) is 3.58. The van der Waals surface area contributed by atoms with Gasteiger partial charge >= 0.3 is 6.03 Å². The van der Waals surface area contributed by atoms with Crippen LogP contribution in [0.15, 0.2) is 55.2 Å². The molecule has 1 saturated heterocycles. The first kappa shape index (κ1) is 18.8. The van der Waals surface area contributed by atoms with Gasteiger partial charge in [-0.2, -0.15) is 0 Å². The molecule has 3 rings (SSSR count). The first-order valence-corrected chi connectivity index (χ1v) is 9.26. The standard InChI is InChI=1S/C21H26N4O2/c1-2-24-13-14-25(20(26)19(24)9-11-23-21(22)27)12-10-16-7-8-17-5-3-4-6-18(17)15-16/h2-8,15,19H,1,9-14H2,(H3,22,23,27)/t19-/m0/s1. The number of rotatable bonds is 7. The zero-order valence-electron chi connectivity index (χ0n) is 15.4. The molecule has 1 aliphatic heterocycles. The number of primary amides is 1. The highest BCUT2D eigenvalue weighted by Crippen LogP contribution is 2.18. The Morgan fingerprint density at radius 1 is 1.22 bits per heavy atom. The summed E-state index contributed by atoms with van der Waals surface area (Å²) in [5.41, 5.74) is 6.33. The molecule has 27 heavy (non-hydrogen) atoms. The van der Waals surface area contributed by atoms with Crippen molar-refractivity contribution in [1.82, 2.24) is 15.1 Å². The Labute approximate surface area is 159 Å². The van der Waals surface area contributed by atoms with Crippen LogP contribution < -0.4 is 11.1 Å². The van der Waals surface area contributed by atoms with Crippen molar-refractivity contribution < 1.29 is 9.59 Å². The predicted octanol–water partition coefficient (Wildman–Crippen LogP) is 2.10. The SMILES string of the molecule is C=CN1CCN(CCc2ccc3ccccc3c2)C(=O)[C@@H]1CCNC(N)=O. The summed E-state index contributed by atoms with van der Waals surface area (Å²) in [4.78, 5) is 27.6. The first-order valence-electron chi connectivity index (χ1n) is 9.26. The number of piperazine rings is 1. The Kier molecular flexibility index (Phi) is 5.96. The van der Waals surface area contributed by atoms with E-state index in [9.17, 15) is 9.59 Å². The van der Waals surface area contributed by atoms with Crippen LogP contribution in [0.4, 0.5) is 4.79 Å². The largest absolute Gasteiger partial charge is 0.364 e. The maximum Gasteiger partial charge on any atom is 0.312 e. The first-order chi connectivity index (χ1) is 13.1. The lowest BCUT2D eigenvalue weighted by molar-refractivity contribution is -0.140. The van der Waals surface area contributed by atoms with Gasteiger partial charge in [-0.05, 0) is 35.4 Å². The molecule has 142 valence electrons. The summed E-state index contributed by atoms with van der Waals surface area (Å²) in [6.07, 6.45) is 3.03. The molecule has 6 nitrogen and oxygen atoms in total. The van der Waals surface area contributed by atoms with E-state index in [1.807, 2.05) is 21.9 Å². The van der Waals surface area contributed by atoms with E-state index in [-0.39, 0.29) is 11.9 Å². The van der Waals surface area contributed by atoms with Crippen molar-refractivity contribution in [3.8, 4) is 0 Å². The van der Waals surface area contributed by atoms with Crippen molar-refractivity contribution in [1.29, 1.82) is 0 Å². The average Bonchev–Trinajstić information content (AvgIpc) is 2.67. The van der Waals surface area contributed by atoms with Crippen LogP contribution >= 0.6 is 0 Å². The number of nitrogens with two attached hydrogens (primary N) is 1. The van der Waals surface area contributed by atoms with E-state index in [2.05, 4.69) is 42.2 Å². The predicted molar refractivity (Wildman–Crippen MR) is 107 cm³/mol. The molecular formula is C21H26N4O2. The minimum atomic E-state index is -0.573. The number of nitrogens with zero attached hydrogens (tertiary/aromatic N) is 2. The number of carbonyl (C=O) groups excluding carboxylic acids is 2. The summed E-state index contributed by atoms with van der Waals surface area (Å²) in [7, 11) is 0. The van der Waals surface area contributed by atoms with E-state index in [0.29, 0.717) is 26.1 Å². The van der Waals surface area contributed by atoms with Gasteiger partial charge in [0, 0.05) is 26.2 Å². The lowest BCUT2D eigenvalue weighted by Crippen LogP contribution is -2.56. The van der Waals surface area contributed by atoms with Gasteiger partial charge in [0.1, 0.15) is 6.04 Å². The van der Waals surface area contributed by atoms with Gasteiger partial charge in [-0.25, -0.2) is 4.79 Å². The normalized spacial score (nSPS) is 17.2. The molecule has 0 aliphatic carbocycles. The number of hydrogen-bond acceptors (Lipinski definition) is 3. The van der Waals surface area contributed by atoms with E-state index in [1.165, 1.54) is 16.3 Å². The summed E-state index contributed by atoms with van der Waals surface area (Å²) in [6.45, 7) is 6.28. The zero-order valence-corrected chi connectivity index (χ0v) is 15.4. The third-order valence-corrected chi connectivity index (χ3v) is 5.06. The molecule has 0 bridgehead atoms. The zero-order chi connectivity index (χ0) is 19.2. The van der Waals surface area contributed by atoms with Crippen molar-refractivity contribution in [3.05, 3.63) is 60.8 Å². The lowest BCUT2D eigenvalue weighted by atomic mass is 10.0. The molecule has 0 saturated carbocycles. The molecule has 2 aromatic rings. The second kappa shape index (κ2) is 8.58. The molecule has 2 aromatic carbocycles. The van der Waals surface area contributed by atoms with Crippen LogP contribution in [0.2, 0.25) is 0 Å². The van der Waals surface area contributed by atoms with E-state index < -0.39 is 6.03 Å². The van der Waals surface area contributed by atoms with Gasteiger partial charge in [0.25, 0.3) is 0 Å². The molecule has 1 fully saturated rings. The molecule has 0 spiro atoms. The van der Waals surface area contributed by atoms with Gasteiger partial charge < -0.3 is 20.9 Å². The number of urea groups is 1. The molecule has 0 radical (unpaired) electrons. The number of amides is 3. The molecule has 1 aliphatic rings. The Morgan fingerprint density at radius 3 is 2.74 bits per heavy atom. The molecule has 0 unspecified atom stereocenters. The highest BCUT2D eigenvalue weighted by Gasteiger charge is 2.32. The lowest BCUT2D eigenvalue weighted by Gasteiger charge is -2.40. The summed E-state index contributed by atoms with van der Waals surface area (Å²) in [5.74, 6) is 0.0770. The van der Waals surface area contributed by atoms with E-state index in [4.69, 9.17) is 5.73 Å². The van der Waals surface area contributed by atoms with E-state index in [1.54, 1.807) is 6.20 Å². The van der Waals surface area contributed by atoms with Gasteiger partial charge in [0.05, 0.1) is 0 Å². The van der Waals surface area contributed by atoms with Crippen LogP contribution in [-0.2, 0) is 11.2 Å². The molecular weight excluding hydrogens is 340 g/mol. The minimum Gasteiger partial charge on any atom is -0.364 e. The Bertz CT molecular complexity index is 836. The topological polar surface area (TPSA) is 78.7 Å². The third-order valence-electron chi connectivity index (χ3n) is 5.06. The van der Waals surface area contributed by atoms with E-state index in [0.717, 1.165) is 13.0 Å². The average molecular weight is 366 g/mol. The van der Waals surface area contributed by atoms with Gasteiger partial charge in [-0.1, -0.05) is 49.0 Å². The fraction of sp³-hybridized carbons (Fsp3) is 0.333. The monoisotopic (exact) mass is 366 g/mol. The van der Waals surface area contributed by atoms with Crippen molar-refractivity contribution in [2.24, 2.45) is 5.73 Å². The fourth-order valence-corrected chi connectivity index (χ4v) is 3.58. The van der Waals surface area contributed by atoms with Crippen LogP contribution in [0.25, 0.3) is 10.8 Å². The molecule has 3 N–H and O–H groups in total. The van der Waals surface area contributed by atoms with Crippen LogP contribution in [-0.4, -0.2) is 54.0 Å². The molecule has 3 amide bonds. The smallest absolute Gasteiger partial charge is 0.312 e. The van der Waals surface area contributed by atoms with Crippen molar-refractivity contribution >= 4 is 22.7 Å². The summed E-state index contributed by atoms with van der Waals surface area (Å²) < 4.78 is 0. The number of nitrogens with one attached hydrogen (secondary N) is 1. The van der Waals surface area contributed by atoms with Gasteiger partial charge in [-0.3, -0.25) is 4.79 Å². The summed E-state index contributed by atoms with van der Waals surface area (Å²) in [6, 6.07) is 13.8. The Hall–Kier alpha value is -3.02. The maximum atomic E-state index is 12.9. The highest BCUT2D eigenvalue weighted by atomic mass is 16.2. The van der Waals surface area contributed by atoms with Crippen LogP contribution in [0, 0.1) is 0 Å². The molecule has 1 atom stereocenters. The maximum absolute atomic E-state index is 12.9. The minimum absolute atomic E-state index is 0.0770. The van der Waals surface area contributed by atoms with Crippen LogP contribution in [0.3, 0.4) is 0 Å². The second-order valence-corrected chi connectivity index (χ2v) is 6.77. The second-order valence-electron chi connectivity index (χ2n) is 6.77. The number of fused-ring (bicyclic) bond motifs is 1. The Morgan fingerprint density at radius 2 is 2.00 bits per heavy atom. The molecule has 0 aromatic heterocycles.